The lowest BCUT2D eigenvalue weighted by atomic mass is 9.97. The number of aromatic nitrogens is 5. The predicted octanol–water partition coefficient (Wildman–Crippen LogP) is 19.2. The second-order valence-corrected chi connectivity index (χ2v) is 21.4. The topological polar surface area (TPSA) is 31.6 Å². The maximum atomic E-state index is 6.08. The number of hydrogen-bond donors (Lipinski definition) is 0. The Kier molecular flexibility index (Phi) is 7.68. The van der Waals surface area contributed by atoms with Gasteiger partial charge in [0.15, 0.2) is 0 Å². The van der Waals surface area contributed by atoms with E-state index in [4.69, 9.17) is 4.98 Å². The number of pyridine rings is 1. The van der Waals surface area contributed by atoms with E-state index in [1.54, 1.807) is 0 Å². The maximum absolute atomic E-state index is 6.08. The number of hydrogen-bond acceptors (Lipinski definition) is 1. The minimum atomic E-state index is 0.978. The summed E-state index contributed by atoms with van der Waals surface area (Å²) < 4.78 is 9.89. The first-order valence-corrected chi connectivity index (χ1v) is 27.0. The molecule has 0 spiro atoms. The van der Waals surface area contributed by atoms with E-state index in [1.807, 2.05) is 0 Å². The standard InChI is InChI=1S/C73H41N5/c1-3-19-46(20-4-1)75-61-31-13-11-25-52(61)56-37-44(33-35-63(56)75)50-27-15-29-54-59-40-43-18-8-10-24-49(43)67-68-65(77(69(50)54)72(59)67)41-60-66-48-23-9-7-17-42(48)39-58-55-30-16-28-51(70(55)78(71(58)66)73(60)74-68)45-34-36-64-57(38-45)53-26-12-14-32-62(53)76(64)47-21-5-2-6-22-47/h1-41H. The molecule has 5 nitrogen and oxygen atoms in total. The van der Waals surface area contributed by atoms with Crippen molar-refractivity contribution in [3.8, 4) is 33.6 Å². The summed E-state index contributed by atoms with van der Waals surface area (Å²) in [6, 6.07) is 92.2. The highest BCUT2D eigenvalue weighted by atomic mass is 15.0. The molecule has 78 heavy (non-hydrogen) atoms. The van der Waals surface area contributed by atoms with Gasteiger partial charge in [0, 0.05) is 81.8 Å². The fraction of sp³-hybridized carbons (Fsp3) is 0. The molecule has 19 aromatic rings. The van der Waals surface area contributed by atoms with Gasteiger partial charge in [-0.25, -0.2) is 4.98 Å². The molecule has 0 bridgehead atoms. The molecular formula is C73H41N5. The van der Waals surface area contributed by atoms with Crippen LogP contribution in [0.2, 0.25) is 0 Å². The molecule has 358 valence electrons. The first-order valence-electron chi connectivity index (χ1n) is 27.0. The lowest BCUT2D eigenvalue weighted by Crippen LogP contribution is -1.93. The van der Waals surface area contributed by atoms with Gasteiger partial charge in [-0.2, -0.15) is 0 Å². The molecule has 0 saturated carbocycles. The molecule has 7 heterocycles. The number of rotatable bonds is 4. The molecule has 0 radical (unpaired) electrons. The summed E-state index contributed by atoms with van der Waals surface area (Å²) in [5.41, 5.74) is 19.8. The lowest BCUT2D eigenvalue weighted by Gasteiger charge is -2.10. The fourth-order valence-corrected chi connectivity index (χ4v) is 14.4. The maximum Gasteiger partial charge on any atom is 0.146 e. The zero-order valence-electron chi connectivity index (χ0n) is 41.9. The summed E-state index contributed by atoms with van der Waals surface area (Å²) in [5.74, 6) is 0. The van der Waals surface area contributed by atoms with Crippen LogP contribution in [-0.2, 0) is 0 Å². The summed E-state index contributed by atoms with van der Waals surface area (Å²) in [4.78, 5) is 6.08. The lowest BCUT2D eigenvalue weighted by molar-refractivity contribution is 1.18. The molecule has 0 atom stereocenters. The molecule has 0 aliphatic heterocycles. The third kappa shape index (κ3) is 5.09. The molecule has 19 rings (SSSR count). The van der Waals surface area contributed by atoms with Crippen LogP contribution in [0, 0.1) is 0 Å². The average Bonchev–Trinajstić information content (AvgIpc) is 3.99. The van der Waals surface area contributed by atoms with E-state index >= 15 is 0 Å². The van der Waals surface area contributed by atoms with Crippen molar-refractivity contribution in [2.24, 2.45) is 0 Å². The first-order chi connectivity index (χ1) is 38.7. The highest BCUT2D eigenvalue weighted by Crippen LogP contribution is 2.50. The van der Waals surface area contributed by atoms with Gasteiger partial charge >= 0.3 is 0 Å². The molecule has 0 N–H and O–H groups in total. The Morgan fingerprint density at radius 3 is 1.27 bits per heavy atom. The van der Waals surface area contributed by atoms with Gasteiger partial charge in [-0.15, -0.1) is 0 Å². The quantitative estimate of drug-likeness (QED) is 0.173. The minimum Gasteiger partial charge on any atom is -0.309 e. The van der Waals surface area contributed by atoms with Gasteiger partial charge < -0.3 is 13.5 Å². The van der Waals surface area contributed by atoms with Gasteiger partial charge in [-0.05, 0) is 112 Å². The van der Waals surface area contributed by atoms with Crippen molar-refractivity contribution >= 4 is 142 Å². The molecule has 5 heteroatoms. The van der Waals surface area contributed by atoms with Gasteiger partial charge in [0.05, 0.1) is 55.2 Å². The van der Waals surface area contributed by atoms with Gasteiger partial charge in [0.25, 0.3) is 0 Å². The van der Waals surface area contributed by atoms with E-state index in [2.05, 4.69) is 267 Å². The minimum absolute atomic E-state index is 0.978. The van der Waals surface area contributed by atoms with Crippen LogP contribution in [0.5, 0.6) is 0 Å². The molecule has 0 aliphatic carbocycles. The van der Waals surface area contributed by atoms with Crippen LogP contribution in [0.25, 0.3) is 175 Å². The highest BCUT2D eigenvalue weighted by molar-refractivity contribution is 6.36. The van der Waals surface area contributed by atoms with Gasteiger partial charge in [-0.3, -0.25) is 4.40 Å². The molecule has 7 aromatic heterocycles. The number of para-hydroxylation sites is 6. The summed E-state index contributed by atoms with van der Waals surface area (Å²) in [5, 5.41) is 18.4. The Bertz CT molecular complexity index is 5430. The molecule has 0 amide bonds. The van der Waals surface area contributed by atoms with Gasteiger partial charge in [-0.1, -0.05) is 170 Å². The SMILES string of the molecule is c1ccc(-n2c3ccccc3c3cc(-c4cccc5c6cc7ccccc7c7c8nc9c(cc8n(c45)c67)c4c5ccccc5cc5c6cccc(-c7ccc8c(c7)c7ccccc7n8-c7ccccc7)c6n9c54)ccc32)cc1. The van der Waals surface area contributed by atoms with Crippen molar-refractivity contribution in [2.45, 2.75) is 0 Å². The first kappa shape index (κ1) is 40.8. The van der Waals surface area contributed by atoms with Gasteiger partial charge in [0.2, 0.25) is 0 Å². The van der Waals surface area contributed by atoms with E-state index in [0.29, 0.717) is 0 Å². The molecule has 0 saturated heterocycles. The average molecular weight is 988 g/mol. The smallest absolute Gasteiger partial charge is 0.146 e. The second kappa shape index (κ2) is 14.7. The number of fused-ring (bicyclic) bond motifs is 22. The largest absolute Gasteiger partial charge is 0.309 e. The van der Waals surface area contributed by atoms with Crippen LogP contribution in [0.15, 0.2) is 249 Å². The van der Waals surface area contributed by atoms with E-state index < -0.39 is 0 Å². The second-order valence-electron chi connectivity index (χ2n) is 21.4. The van der Waals surface area contributed by atoms with Crippen molar-refractivity contribution in [3.05, 3.63) is 249 Å². The normalized spacial score (nSPS) is 12.6. The molecular weight excluding hydrogens is 947 g/mol. The summed E-state index contributed by atoms with van der Waals surface area (Å²) in [6.45, 7) is 0. The Morgan fingerprint density at radius 1 is 0.256 bits per heavy atom. The zero-order valence-corrected chi connectivity index (χ0v) is 41.9. The van der Waals surface area contributed by atoms with E-state index in [-0.39, 0.29) is 0 Å². The van der Waals surface area contributed by atoms with Crippen LogP contribution in [-0.4, -0.2) is 22.9 Å². The monoisotopic (exact) mass is 987 g/mol. The van der Waals surface area contributed by atoms with E-state index in [9.17, 15) is 0 Å². The molecule has 12 aromatic carbocycles. The predicted molar refractivity (Wildman–Crippen MR) is 328 cm³/mol. The van der Waals surface area contributed by atoms with Crippen LogP contribution in [0.3, 0.4) is 0 Å². The van der Waals surface area contributed by atoms with Crippen molar-refractivity contribution in [3.63, 3.8) is 0 Å². The van der Waals surface area contributed by atoms with Gasteiger partial charge in [0.1, 0.15) is 5.65 Å². The van der Waals surface area contributed by atoms with E-state index in [1.165, 1.54) is 142 Å². The Hall–Kier alpha value is -10.5. The third-order valence-corrected chi connectivity index (χ3v) is 17.5. The van der Waals surface area contributed by atoms with Crippen molar-refractivity contribution in [1.82, 2.24) is 22.9 Å². The molecule has 0 unspecified atom stereocenters. The molecule has 0 aliphatic rings. The highest BCUT2D eigenvalue weighted by Gasteiger charge is 2.28. The van der Waals surface area contributed by atoms with Crippen LogP contribution >= 0.6 is 0 Å². The number of benzene rings is 12. The van der Waals surface area contributed by atoms with Crippen LogP contribution < -0.4 is 0 Å². The molecule has 0 fully saturated rings. The number of nitrogens with zero attached hydrogens (tertiary/aromatic N) is 5. The summed E-state index contributed by atoms with van der Waals surface area (Å²) in [6.07, 6.45) is 0. The van der Waals surface area contributed by atoms with E-state index in [0.717, 1.165) is 33.4 Å². The van der Waals surface area contributed by atoms with Crippen molar-refractivity contribution in [1.29, 1.82) is 0 Å². The third-order valence-electron chi connectivity index (χ3n) is 17.5. The fourth-order valence-electron chi connectivity index (χ4n) is 14.4. The van der Waals surface area contributed by atoms with Crippen LogP contribution in [0.1, 0.15) is 0 Å². The van der Waals surface area contributed by atoms with Crippen LogP contribution in [0.4, 0.5) is 0 Å². The zero-order chi connectivity index (χ0) is 50.5. The van der Waals surface area contributed by atoms with Crippen molar-refractivity contribution < 1.29 is 0 Å². The Balaban J connectivity index is 0.936. The Labute approximate surface area is 444 Å². The summed E-state index contributed by atoms with van der Waals surface area (Å²) in [7, 11) is 0. The van der Waals surface area contributed by atoms with Crippen molar-refractivity contribution in [2.75, 3.05) is 0 Å². The Morgan fingerprint density at radius 2 is 0.705 bits per heavy atom. The summed E-state index contributed by atoms with van der Waals surface area (Å²) >= 11 is 0.